The molecule has 4 atom stereocenters. The Hall–Kier alpha value is -0.380. The van der Waals surface area contributed by atoms with E-state index in [9.17, 15) is 0 Å². The first kappa shape index (κ1) is 15.0. The summed E-state index contributed by atoms with van der Waals surface area (Å²) in [4.78, 5) is 2.57. The van der Waals surface area contributed by atoms with Crippen molar-refractivity contribution in [3.63, 3.8) is 0 Å². The van der Waals surface area contributed by atoms with Gasteiger partial charge in [-0.2, -0.15) is 0 Å². The first-order valence-electron chi connectivity index (χ1n) is 7.28. The molecule has 1 aliphatic heterocycles. The SMILES string of the molecule is CCC(N)C(c1cccc(Br)c1)N1CC(C)C(C)C1. The molecule has 2 N–H and O–H groups in total. The van der Waals surface area contributed by atoms with Gasteiger partial charge in [0.15, 0.2) is 0 Å². The van der Waals surface area contributed by atoms with Crippen molar-refractivity contribution in [2.45, 2.75) is 39.3 Å². The molecule has 2 nitrogen and oxygen atoms in total. The molecule has 106 valence electrons. The maximum atomic E-state index is 6.41. The summed E-state index contributed by atoms with van der Waals surface area (Å²) < 4.78 is 1.14. The largest absolute Gasteiger partial charge is 0.326 e. The lowest BCUT2D eigenvalue weighted by atomic mass is 9.96. The third kappa shape index (κ3) is 3.39. The van der Waals surface area contributed by atoms with Gasteiger partial charge in [-0.1, -0.05) is 48.8 Å². The van der Waals surface area contributed by atoms with Crippen LogP contribution in [0.25, 0.3) is 0 Å². The highest BCUT2D eigenvalue weighted by atomic mass is 79.9. The monoisotopic (exact) mass is 324 g/mol. The molecule has 1 fully saturated rings. The minimum absolute atomic E-state index is 0.201. The maximum Gasteiger partial charge on any atom is 0.0499 e. The highest BCUT2D eigenvalue weighted by Gasteiger charge is 2.34. The molecule has 19 heavy (non-hydrogen) atoms. The molecule has 4 unspecified atom stereocenters. The van der Waals surface area contributed by atoms with Crippen molar-refractivity contribution in [1.29, 1.82) is 0 Å². The van der Waals surface area contributed by atoms with E-state index >= 15 is 0 Å². The van der Waals surface area contributed by atoms with Crippen molar-refractivity contribution in [2.75, 3.05) is 13.1 Å². The van der Waals surface area contributed by atoms with Gasteiger partial charge in [0.25, 0.3) is 0 Å². The van der Waals surface area contributed by atoms with Gasteiger partial charge < -0.3 is 5.73 Å². The summed E-state index contributed by atoms with van der Waals surface area (Å²) in [7, 11) is 0. The second-order valence-corrected chi connectivity index (χ2v) is 6.90. The van der Waals surface area contributed by atoms with Crippen LogP contribution in [-0.2, 0) is 0 Å². The van der Waals surface area contributed by atoms with Gasteiger partial charge in [-0.3, -0.25) is 4.90 Å². The van der Waals surface area contributed by atoms with E-state index in [4.69, 9.17) is 5.73 Å². The van der Waals surface area contributed by atoms with Crippen LogP contribution in [0.15, 0.2) is 28.7 Å². The quantitative estimate of drug-likeness (QED) is 0.912. The van der Waals surface area contributed by atoms with Gasteiger partial charge in [0.1, 0.15) is 0 Å². The maximum absolute atomic E-state index is 6.41. The normalized spacial score (nSPS) is 27.4. The number of hydrogen-bond acceptors (Lipinski definition) is 2. The minimum Gasteiger partial charge on any atom is -0.326 e. The van der Waals surface area contributed by atoms with E-state index in [0.29, 0.717) is 6.04 Å². The lowest BCUT2D eigenvalue weighted by Crippen LogP contribution is -2.40. The summed E-state index contributed by atoms with van der Waals surface area (Å²) in [6.45, 7) is 9.19. The van der Waals surface area contributed by atoms with Crippen molar-refractivity contribution < 1.29 is 0 Å². The molecule has 0 amide bonds. The molecule has 0 spiro atoms. The van der Waals surface area contributed by atoms with Gasteiger partial charge in [0.2, 0.25) is 0 Å². The number of nitrogens with zero attached hydrogens (tertiary/aromatic N) is 1. The molecule has 0 saturated carbocycles. The van der Waals surface area contributed by atoms with Crippen LogP contribution >= 0.6 is 15.9 Å². The molecule has 0 aliphatic carbocycles. The van der Waals surface area contributed by atoms with Gasteiger partial charge in [-0.25, -0.2) is 0 Å². The summed E-state index contributed by atoms with van der Waals surface area (Å²) in [5.74, 6) is 1.53. The molecular formula is C16H25BrN2. The molecule has 2 rings (SSSR count). The second-order valence-electron chi connectivity index (χ2n) is 5.98. The van der Waals surface area contributed by atoms with Crippen molar-refractivity contribution in [3.8, 4) is 0 Å². The topological polar surface area (TPSA) is 29.3 Å². The number of likely N-dealkylation sites (tertiary alicyclic amines) is 1. The molecule has 0 bridgehead atoms. The highest BCUT2D eigenvalue weighted by Crippen LogP contribution is 2.33. The Balaban J connectivity index is 2.26. The number of hydrogen-bond donors (Lipinski definition) is 1. The van der Waals surface area contributed by atoms with E-state index in [0.717, 1.165) is 35.8 Å². The first-order chi connectivity index (χ1) is 9.02. The predicted octanol–water partition coefficient (Wildman–Crippen LogP) is 3.82. The van der Waals surface area contributed by atoms with Crippen LogP contribution in [0.2, 0.25) is 0 Å². The predicted molar refractivity (Wildman–Crippen MR) is 85.1 cm³/mol. The zero-order valence-corrected chi connectivity index (χ0v) is 13.7. The van der Waals surface area contributed by atoms with E-state index in [2.05, 4.69) is 65.9 Å². The Kier molecular flexibility index (Phi) is 5.04. The van der Waals surface area contributed by atoms with Crippen LogP contribution in [-0.4, -0.2) is 24.0 Å². The van der Waals surface area contributed by atoms with Crippen LogP contribution in [0.3, 0.4) is 0 Å². The fourth-order valence-electron chi connectivity index (χ4n) is 3.04. The van der Waals surface area contributed by atoms with Gasteiger partial charge in [-0.05, 0) is 36.0 Å². The van der Waals surface area contributed by atoms with Crippen molar-refractivity contribution in [2.24, 2.45) is 17.6 Å². The molecule has 3 heteroatoms. The van der Waals surface area contributed by atoms with Crippen LogP contribution in [0.1, 0.15) is 38.8 Å². The molecular weight excluding hydrogens is 300 g/mol. The Bertz CT molecular complexity index is 411. The summed E-state index contributed by atoms with van der Waals surface area (Å²) in [6.07, 6.45) is 1.01. The molecule has 1 aromatic carbocycles. The van der Waals surface area contributed by atoms with Crippen molar-refractivity contribution in [1.82, 2.24) is 4.90 Å². The van der Waals surface area contributed by atoms with Gasteiger partial charge in [0, 0.05) is 29.6 Å². The van der Waals surface area contributed by atoms with E-state index in [1.807, 2.05) is 0 Å². The third-order valence-electron chi connectivity index (χ3n) is 4.48. The summed E-state index contributed by atoms with van der Waals surface area (Å²) >= 11 is 3.57. The van der Waals surface area contributed by atoms with Crippen LogP contribution in [0.4, 0.5) is 0 Å². The Morgan fingerprint density at radius 2 is 1.95 bits per heavy atom. The number of nitrogens with two attached hydrogens (primary N) is 1. The number of benzene rings is 1. The van der Waals surface area contributed by atoms with Gasteiger partial charge in [0.05, 0.1) is 0 Å². The molecule has 0 aromatic heterocycles. The molecule has 1 saturated heterocycles. The summed E-state index contributed by atoms with van der Waals surface area (Å²) in [6, 6.07) is 9.15. The summed E-state index contributed by atoms with van der Waals surface area (Å²) in [5.41, 5.74) is 7.75. The van der Waals surface area contributed by atoms with Crippen LogP contribution < -0.4 is 5.73 Å². The minimum atomic E-state index is 0.201. The average molecular weight is 325 g/mol. The molecule has 1 heterocycles. The molecule has 0 radical (unpaired) electrons. The first-order valence-corrected chi connectivity index (χ1v) is 8.07. The fraction of sp³-hybridized carbons (Fsp3) is 0.625. The van der Waals surface area contributed by atoms with E-state index in [1.54, 1.807) is 0 Å². The zero-order chi connectivity index (χ0) is 14.0. The Morgan fingerprint density at radius 1 is 1.32 bits per heavy atom. The van der Waals surface area contributed by atoms with Crippen molar-refractivity contribution in [3.05, 3.63) is 34.3 Å². The Labute approximate surface area is 125 Å². The third-order valence-corrected chi connectivity index (χ3v) is 4.97. The van der Waals surface area contributed by atoms with Gasteiger partial charge >= 0.3 is 0 Å². The highest BCUT2D eigenvalue weighted by molar-refractivity contribution is 9.10. The van der Waals surface area contributed by atoms with Gasteiger partial charge in [-0.15, -0.1) is 0 Å². The fourth-order valence-corrected chi connectivity index (χ4v) is 3.46. The zero-order valence-electron chi connectivity index (χ0n) is 12.1. The van der Waals surface area contributed by atoms with Crippen LogP contribution in [0.5, 0.6) is 0 Å². The smallest absolute Gasteiger partial charge is 0.0499 e. The van der Waals surface area contributed by atoms with E-state index in [1.165, 1.54) is 5.56 Å². The standard InChI is InChI=1S/C16H25BrN2/c1-4-15(18)16(13-6-5-7-14(17)8-13)19-9-11(2)12(3)10-19/h5-8,11-12,15-16H,4,9-10,18H2,1-3H3. The Morgan fingerprint density at radius 3 is 2.47 bits per heavy atom. The lowest BCUT2D eigenvalue weighted by molar-refractivity contribution is 0.200. The summed E-state index contributed by atoms with van der Waals surface area (Å²) in [5, 5.41) is 0. The number of halogens is 1. The second kappa shape index (κ2) is 6.38. The van der Waals surface area contributed by atoms with Crippen molar-refractivity contribution >= 4 is 15.9 Å². The lowest BCUT2D eigenvalue weighted by Gasteiger charge is -2.33. The van der Waals surface area contributed by atoms with Crippen LogP contribution in [0, 0.1) is 11.8 Å². The number of rotatable bonds is 4. The molecule has 1 aromatic rings. The van der Waals surface area contributed by atoms with E-state index < -0.39 is 0 Å². The van der Waals surface area contributed by atoms with E-state index in [-0.39, 0.29) is 6.04 Å². The molecule has 1 aliphatic rings. The average Bonchev–Trinajstić information content (AvgIpc) is 2.69.